The van der Waals surface area contributed by atoms with Crippen molar-refractivity contribution in [1.29, 1.82) is 0 Å². The van der Waals surface area contributed by atoms with E-state index in [4.69, 9.17) is 14.6 Å². The minimum Gasteiger partial charge on any atom is -0.474 e. The normalized spacial score (nSPS) is 11.4. The number of pyridine rings is 1. The average Bonchev–Trinajstić information content (AvgIpc) is 2.52. The number of anilines is 2. The molecule has 0 radical (unpaired) electrons. The van der Waals surface area contributed by atoms with Gasteiger partial charge < -0.3 is 19.9 Å². The molecule has 10 heteroatoms. The first-order valence-electron chi connectivity index (χ1n) is 8.94. The van der Waals surface area contributed by atoms with Crippen molar-refractivity contribution in [3.63, 3.8) is 0 Å². The van der Waals surface area contributed by atoms with E-state index in [1.807, 2.05) is 0 Å². The molecule has 0 saturated heterocycles. The molecule has 10 nitrogen and oxygen atoms in total. The van der Waals surface area contributed by atoms with Gasteiger partial charge in [0.05, 0.1) is 11.9 Å². The van der Waals surface area contributed by atoms with Crippen molar-refractivity contribution in [3.8, 4) is 0 Å². The minimum atomic E-state index is -1.66. The molecule has 29 heavy (non-hydrogen) atoms. The van der Waals surface area contributed by atoms with E-state index in [2.05, 4.69) is 10.3 Å². The molecule has 0 aliphatic rings. The van der Waals surface area contributed by atoms with Crippen LogP contribution in [0.25, 0.3) is 0 Å². The fraction of sp³-hybridized carbons (Fsp3) is 0.526. The third-order valence-electron chi connectivity index (χ3n) is 3.14. The first-order valence-corrected chi connectivity index (χ1v) is 8.94. The van der Waals surface area contributed by atoms with Crippen LogP contribution >= 0.6 is 0 Å². The topological polar surface area (TPSA) is 135 Å². The van der Waals surface area contributed by atoms with Gasteiger partial charge in [0, 0.05) is 0 Å². The Morgan fingerprint density at radius 1 is 1.03 bits per heavy atom. The van der Waals surface area contributed by atoms with Crippen molar-refractivity contribution >= 4 is 35.6 Å². The zero-order valence-corrected chi connectivity index (χ0v) is 17.7. The number of hydrogen-bond donors (Lipinski definition) is 2. The van der Waals surface area contributed by atoms with E-state index in [1.54, 1.807) is 48.5 Å². The number of ether oxygens (including phenoxy) is 2. The maximum atomic E-state index is 12.7. The number of aliphatic carboxylic acids is 1. The average molecular weight is 409 g/mol. The van der Waals surface area contributed by atoms with E-state index in [1.165, 1.54) is 6.07 Å². The van der Waals surface area contributed by atoms with Crippen LogP contribution in [0, 0.1) is 0 Å². The van der Waals surface area contributed by atoms with Crippen LogP contribution in [0.4, 0.5) is 21.1 Å². The molecule has 0 atom stereocenters. The number of nitrogens with zero attached hydrogens (tertiary/aromatic N) is 2. The van der Waals surface area contributed by atoms with Crippen LogP contribution < -0.4 is 10.2 Å². The van der Waals surface area contributed by atoms with E-state index in [0.717, 1.165) is 6.20 Å². The van der Waals surface area contributed by atoms with Crippen LogP contribution in [0.3, 0.4) is 0 Å². The Kier molecular flexibility index (Phi) is 7.32. The van der Waals surface area contributed by atoms with Crippen LogP contribution in [0.2, 0.25) is 0 Å². The lowest BCUT2D eigenvalue weighted by atomic mass is 10.1. The number of carboxylic acids is 1. The molecule has 0 saturated carbocycles. The number of carbonyl (C=O) groups is 4. The molecular formula is C19H27N3O7. The van der Waals surface area contributed by atoms with Gasteiger partial charge in [-0.1, -0.05) is 6.92 Å². The second-order valence-electron chi connectivity index (χ2n) is 8.12. The quantitative estimate of drug-likeness (QED) is 0.726. The Bertz CT molecular complexity index is 779. The highest BCUT2D eigenvalue weighted by atomic mass is 16.6. The third-order valence-corrected chi connectivity index (χ3v) is 3.14. The van der Waals surface area contributed by atoms with Gasteiger partial charge in [-0.2, -0.15) is 4.90 Å². The summed E-state index contributed by atoms with van der Waals surface area (Å²) in [7, 11) is 0. The maximum absolute atomic E-state index is 12.7. The predicted molar refractivity (Wildman–Crippen MR) is 105 cm³/mol. The second-order valence-corrected chi connectivity index (χ2v) is 8.12. The molecule has 160 valence electrons. The standard InChI is InChI=1S/C19H27N3O7/c1-8-11-9-12(21-14(23)15(24)25)10-20-13(11)22(16(26)28-18(2,3)4)17(27)29-19(5,6)7/h9-10H,8H2,1-7H3,(H,21,23)(H,24,25). The van der Waals surface area contributed by atoms with Crippen molar-refractivity contribution in [2.45, 2.75) is 66.1 Å². The Hall–Kier alpha value is -3.17. The lowest BCUT2D eigenvalue weighted by molar-refractivity contribution is -0.147. The Morgan fingerprint density at radius 3 is 1.90 bits per heavy atom. The van der Waals surface area contributed by atoms with Crippen LogP contribution in [-0.2, 0) is 25.5 Å². The van der Waals surface area contributed by atoms with Gasteiger partial charge in [-0.05, 0) is 59.6 Å². The van der Waals surface area contributed by atoms with Gasteiger partial charge in [0.25, 0.3) is 0 Å². The molecule has 1 heterocycles. The van der Waals surface area contributed by atoms with E-state index in [-0.39, 0.29) is 11.5 Å². The smallest absolute Gasteiger partial charge is 0.425 e. The van der Waals surface area contributed by atoms with E-state index in [0.29, 0.717) is 16.9 Å². The summed E-state index contributed by atoms with van der Waals surface area (Å²) in [6, 6.07) is 1.42. The molecule has 0 spiro atoms. The highest BCUT2D eigenvalue weighted by Gasteiger charge is 2.34. The Labute approximate surface area is 169 Å². The van der Waals surface area contributed by atoms with Crippen LogP contribution in [0.1, 0.15) is 54.0 Å². The molecule has 0 fully saturated rings. The molecule has 1 rings (SSSR count). The SMILES string of the molecule is CCc1cc(NC(=O)C(=O)O)cnc1N(C(=O)OC(C)(C)C)C(=O)OC(C)(C)C. The minimum absolute atomic E-state index is 0.0377. The molecule has 0 aliphatic heterocycles. The van der Waals surface area contributed by atoms with Crippen molar-refractivity contribution in [2.24, 2.45) is 0 Å². The van der Waals surface area contributed by atoms with Gasteiger partial charge in [-0.25, -0.2) is 19.4 Å². The van der Waals surface area contributed by atoms with Crippen molar-refractivity contribution in [2.75, 3.05) is 10.2 Å². The number of amides is 3. The van der Waals surface area contributed by atoms with Gasteiger partial charge in [-0.15, -0.1) is 0 Å². The zero-order valence-electron chi connectivity index (χ0n) is 17.7. The van der Waals surface area contributed by atoms with Gasteiger partial charge in [-0.3, -0.25) is 4.79 Å². The number of carbonyl (C=O) groups excluding carboxylic acids is 3. The summed E-state index contributed by atoms with van der Waals surface area (Å²) in [6.07, 6.45) is -0.495. The Morgan fingerprint density at radius 2 is 1.52 bits per heavy atom. The number of rotatable bonds is 3. The molecule has 1 aromatic rings. The molecule has 0 aromatic carbocycles. The van der Waals surface area contributed by atoms with Crippen LogP contribution in [-0.4, -0.2) is 45.4 Å². The molecule has 0 unspecified atom stereocenters. The first-order chi connectivity index (χ1) is 13.1. The number of nitrogens with one attached hydrogen (secondary N) is 1. The Balaban J connectivity index is 3.39. The molecule has 2 N–H and O–H groups in total. The molecule has 3 amide bonds. The summed E-state index contributed by atoms with van der Waals surface area (Å²) >= 11 is 0. The summed E-state index contributed by atoms with van der Waals surface area (Å²) in [5.74, 6) is -2.93. The summed E-state index contributed by atoms with van der Waals surface area (Å²) in [5.41, 5.74) is -1.26. The molecule has 0 aliphatic carbocycles. The van der Waals surface area contributed by atoms with Crippen molar-refractivity contribution in [3.05, 3.63) is 17.8 Å². The number of aryl methyl sites for hydroxylation is 1. The summed E-state index contributed by atoms with van der Waals surface area (Å²) in [4.78, 5) is 52.3. The number of hydrogen-bond acceptors (Lipinski definition) is 7. The highest BCUT2D eigenvalue weighted by Crippen LogP contribution is 2.26. The predicted octanol–water partition coefficient (Wildman–Crippen LogP) is 3.34. The molecule has 1 aromatic heterocycles. The summed E-state index contributed by atoms with van der Waals surface area (Å²) in [6.45, 7) is 11.6. The van der Waals surface area contributed by atoms with Gasteiger partial charge in [0.2, 0.25) is 0 Å². The second kappa shape index (κ2) is 8.89. The first kappa shape index (κ1) is 23.9. The van der Waals surface area contributed by atoms with Crippen LogP contribution in [0.5, 0.6) is 0 Å². The van der Waals surface area contributed by atoms with Crippen LogP contribution in [0.15, 0.2) is 12.3 Å². The van der Waals surface area contributed by atoms with Crippen molar-refractivity contribution < 1.29 is 33.8 Å². The third kappa shape index (κ3) is 7.40. The zero-order chi connectivity index (χ0) is 22.6. The largest absolute Gasteiger partial charge is 0.474 e. The fourth-order valence-electron chi connectivity index (χ4n) is 2.08. The van der Waals surface area contributed by atoms with Crippen molar-refractivity contribution in [1.82, 2.24) is 4.98 Å². The number of imide groups is 1. The number of aromatic nitrogens is 1. The van der Waals surface area contributed by atoms with Gasteiger partial charge >= 0.3 is 24.1 Å². The number of carboxylic acid groups (broad SMARTS) is 1. The van der Waals surface area contributed by atoms with Gasteiger partial charge in [0.1, 0.15) is 11.2 Å². The maximum Gasteiger partial charge on any atom is 0.425 e. The summed E-state index contributed by atoms with van der Waals surface area (Å²) < 4.78 is 10.6. The fourth-order valence-corrected chi connectivity index (χ4v) is 2.08. The monoisotopic (exact) mass is 409 g/mol. The molecular weight excluding hydrogens is 382 g/mol. The van der Waals surface area contributed by atoms with E-state index < -0.39 is 35.3 Å². The van der Waals surface area contributed by atoms with Gasteiger partial charge in [0.15, 0.2) is 5.82 Å². The molecule has 0 bridgehead atoms. The lowest BCUT2D eigenvalue weighted by Gasteiger charge is -2.29. The lowest BCUT2D eigenvalue weighted by Crippen LogP contribution is -2.44. The van der Waals surface area contributed by atoms with E-state index >= 15 is 0 Å². The highest BCUT2D eigenvalue weighted by molar-refractivity contribution is 6.36. The summed E-state index contributed by atoms with van der Waals surface area (Å²) in [5, 5.41) is 10.9. The van der Waals surface area contributed by atoms with E-state index in [9.17, 15) is 19.2 Å².